The molecule has 1 aliphatic heterocycles. The largest absolute Gasteiger partial charge is 0.399 e. The molecule has 3 heterocycles. The molecule has 0 saturated heterocycles. The predicted octanol–water partition coefficient (Wildman–Crippen LogP) is 3.61. The molecule has 0 amide bonds. The lowest BCUT2D eigenvalue weighted by Gasteiger charge is -2.31. The fourth-order valence-electron chi connectivity index (χ4n) is 4.34. The average Bonchev–Trinajstić information content (AvgIpc) is 3.46. The number of anilines is 2. The number of fused-ring (bicyclic) bond motifs is 4. The Morgan fingerprint density at radius 1 is 1.04 bits per heavy atom. The first-order chi connectivity index (χ1) is 13.7. The topological polar surface area (TPSA) is 72.3 Å². The zero-order chi connectivity index (χ0) is 18.8. The molecule has 6 nitrogen and oxygen atoms in total. The van der Waals surface area contributed by atoms with Crippen LogP contribution in [0, 0.1) is 6.92 Å². The summed E-state index contributed by atoms with van der Waals surface area (Å²) >= 11 is 0. The van der Waals surface area contributed by atoms with Crippen molar-refractivity contribution in [3.05, 3.63) is 58.9 Å². The third-order valence-electron chi connectivity index (χ3n) is 6.11. The molecule has 6 heteroatoms. The predicted molar refractivity (Wildman–Crippen MR) is 111 cm³/mol. The summed E-state index contributed by atoms with van der Waals surface area (Å²) in [4.78, 5) is 2.37. The van der Waals surface area contributed by atoms with Gasteiger partial charge in [0.15, 0.2) is 17.3 Å². The molecule has 0 spiro atoms. The molecule has 0 unspecified atom stereocenters. The van der Waals surface area contributed by atoms with Crippen LogP contribution in [0.3, 0.4) is 0 Å². The van der Waals surface area contributed by atoms with Gasteiger partial charge in [0, 0.05) is 35.5 Å². The molecule has 0 atom stereocenters. The Bertz CT molecular complexity index is 1240. The van der Waals surface area contributed by atoms with E-state index in [1.54, 1.807) is 0 Å². The molecule has 4 aromatic rings. The van der Waals surface area contributed by atoms with Gasteiger partial charge in [0.2, 0.25) is 0 Å². The number of aryl methyl sites for hydroxylation is 1. The van der Waals surface area contributed by atoms with Crippen molar-refractivity contribution in [2.75, 3.05) is 17.2 Å². The fraction of sp³-hybridized carbons (Fsp3) is 0.318. The highest BCUT2D eigenvalue weighted by Crippen LogP contribution is 2.40. The lowest BCUT2D eigenvalue weighted by atomic mass is 9.96. The lowest BCUT2D eigenvalue weighted by molar-refractivity contribution is 0.705. The van der Waals surface area contributed by atoms with Crippen LogP contribution in [0.25, 0.3) is 16.4 Å². The first kappa shape index (κ1) is 15.9. The molecule has 1 fully saturated rings. The number of hydrogen-bond acceptors (Lipinski definition) is 5. The smallest absolute Gasteiger partial charge is 0.185 e. The Morgan fingerprint density at radius 2 is 1.86 bits per heavy atom. The van der Waals surface area contributed by atoms with Crippen LogP contribution < -0.4 is 10.6 Å². The normalized spacial score (nSPS) is 16.7. The number of hydrogen-bond donors (Lipinski definition) is 1. The van der Waals surface area contributed by atoms with E-state index in [4.69, 9.17) is 10.8 Å². The molecular weight excluding hydrogens is 348 g/mol. The van der Waals surface area contributed by atoms with E-state index in [-0.39, 0.29) is 0 Å². The second-order valence-corrected chi connectivity index (χ2v) is 8.09. The Hall–Kier alpha value is -3.15. The number of nitrogens with zero attached hydrogens (tertiary/aromatic N) is 5. The maximum Gasteiger partial charge on any atom is 0.185 e. The van der Waals surface area contributed by atoms with Gasteiger partial charge in [0.05, 0.1) is 0 Å². The van der Waals surface area contributed by atoms with Crippen LogP contribution >= 0.6 is 0 Å². The van der Waals surface area contributed by atoms with Gasteiger partial charge < -0.3 is 10.6 Å². The van der Waals surface area contributed by atoms with E-state index >= 15 is 0 Å². The van der Waals surface area contributed by atoms with Gasteiger partial charge in [-0.3, -0.25) is 0 Å². The molecule has 2 aromatic carbocycles. The van der Waals surface area contributed by atoms with Crippen LogP contribution in [0.2, 0.25) is 0 Å². The summed E-state index contributed by atoms with van der Waals surface area (Å²) in [6.45, 7) is 3.85. The molecule has 1 aliphatic carbocycles. The standard InChI is InChI=1S/C22H22N6/c1-13-10-15-8-9-27(12-16(15)11-19(13)23)22-18-5-3-2-4-17(18)21-25-24-20(14-6-7-14)28(21)26-22/h2-5,10-11,14H,6-9,12,23H2,1H3. The molecule has 140 valence electrons. The van der Waals surface area contributed by atoms with E-state index in [0.717, 1.165) is 58.8 Å². The summed E-state index contributed by atoms with van der Waals surface area (Å²) < 4.78 is 1.98. The van der Waals surface area contributed by atoms with E-state index in [1.165, 1.54) is 24.0 Å². The number of aromatic nitrogens is 4. The Balaban J connectivity index is 1.53. The van der Waals surface area contributed by atoms with Crippen LogP contribution in [-0.2, 0) is 13.0 Å². The third kappa shape index (κ3) is 2.30. The molecule has 2 aromatic heterocycles. The third-order valence-corrected chi connectivity index (χ3v) is 6.11. The van der Waals surface area contributed by atoms with Crippen molar-refractivity contribution in [1.29, 1.82) is 0 Å². The van der Waals surface area contributed by atoms with Crippen LogP contribution in [0.1, 0.15) is 41.3 Å². The molecular formula is C22H22N6. The van der Waals surface area contributed by atoms with Gasteiger partial charge in [0.25, 0.3) is 0 Å². The van der Waals surface area contributed by atoms with Gasteiger partial charge in [0.1, 0.15) is 0 Å². The molecule has 0 bridgehead atoms. The van der Waals surface area contributed by atoms with Crippen molar-refractivity contribution in [3.8, 4) is 0 Å². The molecule has 0 radical (unpaired) electrons. The summed E-state index contributed by atoms with van der Waals surface area (Å²) in [7, 11) is 0. The number of nitrogens with two attached hydrogens (primary N) is 1. The van der Waals surface area contributed by atoms with Crippen LogP contribution in [0.15, 0.2) is 36.4 Å². The summed E-state index contributed by atoms with van der Waals surface area (Å²) in [6, 6.07) is 12.8. The van der Waals surface area contributed by atoms with E-state index in [2.05, 4.69) is 58.4 Å². The monoisotopic (exact) mass is 370 g/mol. The van der Waals surface area contributed by atoms with E-state index in [1.807, 2.05) is 4.52 Å². The van der Waals surface area contributed by atoms with Crippen molar-refractivity contribution in [1.82, 2.24) is 19.8 Å². The van der Waals surface area contributed by atoms with Crippen molar-refractivity contribution in [2.45, 2.75) is 38.6 Å². The van der Waals surface area contributed by atoms with E-state index in [0.29, 0.717) is 5.92 Å². The van der Waals surface area contributed by atoms with Crippen LogP contribution in [0.5, 0.6) is 0 Å². The second-order valence-electron chi connectivity index (χ2n) is 8.09. The average molecular weight is 370 g/mol. The highest BCUT2D eigenvalue weighted by atomic mass is 15.4. The van der Waals surface area contributed by atoms with Gasteiger partial charge in [-0.2, -0.15) is 4.52 Å². The summed E-state index contributed by atoms with van der Waals surface area (Å²) in [5.74, 6) is 2.51. The Kier molecular flexibility index (Phi) is 3.21. The van der Waals surface area contributed by atoms with Crippen molar-refractivity contribution >= 4 is 27.9 Å². The maximum absolute atomic E-state index is 6.18. The molecule has 1 saturated carbocycles. The first-order valence-corrected chi connectivity index (χ1v) is 9.96. The maximum atomic E-state index is 6.18. The van der Waals surface area contributed by atoms with E-state index in [9.17, 15) is 0 Å². The fourth-order valence-corrected chi connectivity index (χ4v) is 4.34. The lowest BCUT2D eigenvalue weighted by Crippen LogP contribution is -2.32. The number of benzene rings is 2. The van der Waals surface area contributed by atoms with Crippen LogP contribution in [0.4, 0.5) is 11.5 Å². The molecule has 2 N–H and O–H groups in total. The van der Waals surface area contributed by atoms with Crippen LogP contribution in [-0.4, -0.2) is 26.4 Å². The quantitative estimate of drug-likeness (QED) is 0.546. The second kappa shape index (κ2) is 5.67. The number of rotatable bonds is 2. The van der Waals surface area contributed by atoms with Crippen molar-refractivity contribution < 1.29 is 0 Å². The SMILES string of the molecule is Cc1cc2c(cc1N)CN(c1nn3c(C4CC4)nnc3c3ccccc13)CC2. The first-order valence-electron chi connectivity index (χ1n) is 9.96. The summed E-state index contributed by atoms with van der Waals surface area (Å²) in [5.41, 5.74) is 11.8. The Morgan fingerprint density at radius 3 is 2.68 bits per heavy atom. The van der Waals surface area contributed by atoms with Gasteiger partial charge in [-0.1, -0.05) is 30.3 Å². The van der Waals surface area contributed by atoms with Gasteiger partial charge in [-0.05, 0) is 48.9 Å². The zero-order valence-corrected chi connectivity index (χ0v) is 15.9. The minimum atomic E-state index is 0.501. The summed E-state index contributed by atoms with van der Waals surface area (Å²) in [6.07, 6.45) is 3.36. The molecule has 6 rings (SSSR count). The summed E-state index contributed by atoms with van der Waals surface area (Å²) in [5, 5.41) is 16.2. The number of nitrogen functional groups attached to an aromatic ring is 1. The Labute approximate surface area is 163 Å². The highest BCUT2D eigenvalue weighted by molar-refractivity contribution is 6.00. The minimum Gasteiger partial charge on any atom is -0.399 e. The van der Waals surface area contributed by atoms with Gasteiger partial charge in [-0.25, -0.2) is 0 Å². The van der Waals surface area contributed by atoms with E-state index < -0.39 is 0 Å². The van der Waals surface area contributed by atoms with Crippen molar-refractivity contribution in [2.24, 2.45) is 0 Å². The minimum absolute atomic E-state index is 0.501. The molecule has 2 aliphatic rings. The van der Waals surface area contributed by atoms with Gasteiger partial charge in [-0.15, -0.1) is 15.3 Å². The zero-order valence-electron chi connectivity index (χ0n) is 15.9. The highest BCUT2D eigenvalue weighted by Gasteiger charge is 2.30. The van der Waals surface area contributed by atoms with Crippen molar-refractivity contribution in [3.63, 3.8) is 0 Å². The van der Waals surface area contributed by atoms with Gasteiger partial charge >= 0.3 is 0 Å². The molecule has 28 heavy (non-hydrogen) atoms.